The van der Waals surface area contributed by atoms with Gasteiger partial charge >= 0.3 is 0 Å². The molecule has 0 amide bonds. The van der Waals surface area contributed by atoms with Crippen molar-refractivity contribution >= 4 is 16.8 Å². The lowest BCUT2D eigenvalue weighted by Crippen LogP contribution is -2.09. The third kappa shape index (κ3) is 2.34. The minimum Gasteiger partial charge on any atom is -0.459 e. The van der Waals surface area contributed by atoms with E-state index < -0.39 is 0 Å². The van der Waals surface area contributed by atoms with E-state index in [2.05, 4.69) is 35.2 Å². The van der Waals surface area contributed by atoms with Gasteiger partial charge in [-0.05, 0) is 38.8 Å². The molecule has 2 heterocycles. The summed E-state index contributed by atoms with van der Waals surface area (Å²) in [4.78, 5) is 8.98. The summed E-state index contributed by atoms with van der Waals surface area (Å²) in [7, 11) is 0. The van der Waals surface area contributed by atoms with Crippen LogP contribution >= 0.6 is 0 Å². The number of anilines is 1. The number of aryl methyl sites for hydroxylation is 1. The molecular weight excluding hydrogens is 274 g/mol. The Labute approximate surface area is 129 Å². The first kappa shape index (κ1) is 13.3. The van der Waals surface area contributed by atoms with Crippen molar-refractivity contribution in [3.05, 3.63) is 53.7 Å². The molecule has 112 valence electrons. The number of para-hydroxylation sites is 1. The maximum atomic E-state index is 6.02. The van der Waals surface area contributed by atoms with Crippen LogP contribution < -0.4 is 5.32 Å². The van der Waals surface area contributed by atoms with E-state index in [0.29, 0.717) is 5.92 Å². The average molecular weight is 293 g/mol. The van der Waals surface area contributed by atoms with E-state index in [1.165, 1.54) is 23.8 Å². The van der Waals surface area contributed by atoms with Crippen LogP contribution in [0.1, 0.15) is 48.9 Å². The normalized spacial score (nSPS) is 15.9. The molecule has 1 unspecified atom stereocenters. The van der Waals surface area contributed by atoms with Crippen LogP contribution in [0.25, 0.3) is 11.0 Å². The van der Waals surface area contributed by atoms with Crippen LogP contribution in [0.5, 0.6) is 0 Å². The molecule has 1 saturated carbocycles. The summed E-state index contributed by atoms with van der Waals surface area (Å²) in [6, 6.07) is 10.1. The van der Waals surface area contributed by atoms with Crippen LogP contribution in [-0.4, -0.2) is 9.97 Å². The molecule has 0 aliphatic heterocycles. The third-order valence-electron chi connectivity index (χ3n) is 4.25. The van der Waals surface area contributed by atoms with E-state index in [1.54, 1.807) is 0 Å². The Morgan fingerprint density at radius 2 is 2.05 bits per heavy atom. The van der Waals surface area contributed by atoms with Gasteiger partial charge in [0.1, 0.15) is 23.0 Å². The lowest BCUT2D eigenvalue weighted by Gasteiger charge is -2.13. The highest BCUT2D eigenvalue weighted by Crippen LogP contribution is 2.38. The van der Waals surface area contributed by atoms with Crippen molar-refractivity contribution in [3.63, 3.8) is 0 Å². The molecule has 4 nitrogen and oxygen atoms in total. The smallest absolute Gasteiger partial charge is 0.134 e. The third-order valence-corrected chi connectivity index (χ3v) is 4.25. The minimum atomic E-state index is 0.0642. The summed E-state index contributed by atoms with van der Waals surface area (Å²) < 4.78 is 6.02. The number of rotatable bonds is 4. The number of hydrogen-bond donors (Lipinski definition) is 1. The average Bonchev–Trinajstić information content (AvgIpc) is 3.33. The number of aromatic nitrogens is 2. The first-order valence-corrected chi connectivity index (χ1v) is 7.80. The Morgan fingerprint density at radius 1 is 1.23 bits per heavy atom. The van der Waals surface area contributed by atoms with Gasteiger partial charge in [-0.3, -0.25) is 0 Å². The molecule has 1 fully saturated rings. The SMILES string of the molecule is Cc1c(C(C)Nc2ccnc(C3CC3)n2)oc2ccccc12. The summed E-state index contributed by atoms with van der Waals surface area (Å²) in [6.45, 7) is 4.21. The first-order chi connectivity index (χ1) is 10.7. The predicted molar refractivity (Wildman–Crippen MR) is 87.0 cm³/mol. The molecule has 1 N–H and O–H groups in total. The van der Waals surface area contributed by atoms with Crippen LogP contribution in [0.2, 0.25) is 0 Å². The molecule has 0 radical (unpaired) electrons. The summed E-state index contributed by atoms with van der Waals surface area (Å²) in [5.74, 6) is 3.35. The van der Waals surface area contributed by atoms with Crippen LogP contribution in [-0.2, 0) is 0 Å². The van der Waals surface area contributed by atoms with E-state index >= 15 is 0 Å². The van der Waals surface area contributed by atoms with Gasteiger partial charge in [0.15, 0.2) is 0 Å². The molecule has 1 aromatic carbocycles. The summed E-state index contributed by atoms with van der Waals surface area (Å²) in [5.41, 5.74) is 2.12. The molecular formula is C18H19N3O. The van der Waals surface area contributed by atoms with Crippen LogP contribution in [0.15, 0.2) is 40.9 Å². The topological polar surface area (TPSA) is 51.0 Å². The van der Waals surface area contributed by atoms with Crippen molar-refractivity contribution < 1.29 is 4.42 Å². The Kier molecular flexibility index (Phi) is 3.10. The van der Waals surface area contributed by atoms with Gasteiger partial charge in [-0.15, -0.1) is 0 Å². The number of hydrogen-bond acceptors (Lipinski definition) is 4. The molecule has 0 saturated heterocycles. The van der Waals surface area contributed by atoms with Gasteiger partial charge in [0.25, 0.3) is 0 Å². The zero-order valence-electron chi connectivity index (χ0n) is 12.8. The lowest BCUT2D eigenvalue weighted by atomic mass is 10.1. The van der Waals surface area contributed by atoms with Crippen molar-refractivity contribution in [2.24, 2.45) is 0 Å². The van der Waals surface area contributed by atoms with Crippen molar-refractivity contribution in [1.82, 2.24) is 9.97 Å². The zero-order chi connectivity index (χ0) is 15.1. The molecule has 2 aromatic heterocycles. The summed E-state index contributed by atoms with van der Waals surface area (Å²) >= 11 is 0. The second-order valence-electron chi connectivity index (χ2n) is 6.03. The Bertz CT molecular complexity index is 820. The minimum absolute atomic E-state index is 0.0642. The lowest BCUT2D eigenvalue weighted by molar-refractivity contribution is 0.521. The number of nitrogens with zero attached hydrogens (tertiary/aromatic N) is 2. The molecule has 4 rings (SSSR count). The fourth-order valence-electron chi connectivity index (χ4n) is 2.89. The molecule has 22 heavy (non-hydrogen) atoms. The highest BCUT2D eigenvalue weighted by molar-refractivity contribution is 5.82. The van der Waals surface area contributed by atoms with E-state index in [1.807, 2.05) is 30.5 Å². The maximum absolute atomic E-state index is 6.02. The van der Waals surface area contributed by atoms with Gasteiger partial charge in [0, 0.05) is 23.1 Å². The van der Waals surface area contributed by atoms with Crippen molar-refractivity contribution in [1.29, 1.82) is 0 Å². The Hall–Kier alpha value is -2.36. The number of nitrogens with one attached hydrogen (secondary N) is 1. The molecule has 3 aromatic rings. The monoisotopic (exact) mass is 293 g/mol. The van der Waals surface area contributed by atoms with Gasteiger partial charge in [0.2, 0.25) is 0 Å². The summed E-state index contributed by atoms with van der Waals surface area (Å²) in [6.07, 6.45) is 4.25. The van der Waals surface area contributed by atoms with Crippen LogP contribution in [0.3, 0.4) is 0 Å². The molecule has 1 aliphatic rings. The number of furan rings is 1. The fraction of sp³-hybridized carbons (Fsp3) is 0.333. The van der Waals surface area contributed by atoms with Gasteiger partial charge < -0.3 is 9.73 Å². The van der Waals surface area contributed by atoms with Crippen molar-refractivity contribution in [3.8, 4) is 0 Å². The van der Waals surface area contributed by atoms with Gasteiger partial charge in [-0.1, -0.05) is 18.2 Å². The van der Waals surface area contributed by atoms with Crippen molar-refractivity contribution in [2.75, 3.05) is 5.32 Å². The van der Waals surface area contributed by atoms with Gasteiger partial charge in [-0.25, -0.2) is 9.97 Å². The van der Waals surface area contributed by atoms with Crippen LogP contribution in [0.4, 0.5) is 5.82 Å². The van der Waals surface area contributed by atoms with Crippen LogP contribution in [0, 0.1) is 6.92 Å². The zero-order valence-corrected chi connectivity index (χ0v) is 12.8. The maximum Gasteiger partial charge on any atom is 0.134 e. The Balaban J connectivity index is 1.61. The van der Waals surface area contributed by atoms with E-state index in [0.717, 1.165) is 23.0 Å². The Morgan fingerprint density at radius 3 is 2.82 bits per heavy atom. The molecule has 4 heteroatoms. The van der Waals surface area contributed by atoms with Crippen molar-refractivity contribution in [2.45, 2.75) is 38.6 Å². The first-order valence-electron chi connectivity index (χ1n) is 7.80. The van der Waals surface area contributed by atoms with Gasteiger partial charge in [0.05, 0.1) is 6.04 Å². The van der Waals surface area contributed by atoms with E-state index in [9.17, 15) is 0 Å². The molecule has 1 atom stereocenters. The quantitative estimate of drug-likeness (QED) is 0.765. The van der Waals surface area contributed by atoms with E-state index in [4.69, 9.17) is 4.42 Å². The standard InChI is InChI=1S/C18H19N3O/c1-11-14-5-3-4-6-15(14)22-17(11)12(2)20-16-9-10-19-18(21-16)13-7-8-13/h3-6,9-10,12-13H,7-8H2,1-2H3,(H,19,20,21). The molecule has 1 aliphatic carbocycles. The molecule has 0 bridgehead atoms. The largest absolute Gasteiger partial charge is 0.459 e. The predicted octanol–water partition coefficient (Wildman–Crippen LogP) is 4.58. The summed E-state index contributed by atoms with van der Waals surface area (Å²) in [5, 5.41) is 4.61. The second kappa shape index (κ2) is 5.13. The second-order valence-corrected chi connectivity index (χ2v) is 6.03. The fourth-order valence-corrected chi connectivity index (χ4v) is 2.89. The van der Waals surface area contributed by atoms with E-state index in [-0.39, 0.29) is 6.04 Å². The van der Waals surface area contributed by atoms with Gasteiger partial charge in [-0.2, -0.15) is 0 Å². The molecule has 0 spiro atoms. The number of benzene rings is 1. The highest BCUT2D eigenvalue weighted by Gasteiger charge is 2.26. The highest BCUT2D eigenvalue weighted by atomic mass is 16.3. The number of fused-ring (bicyclic) bond motifs is 1.